The van der Waals surface area contributed by atoms with Crippen LogP contribution < -0.4 is 0 Å². The molecule has 0 bridgehead atoms. The molecule has 14 heavy (non-hydrogen) atoms. The zero-order chi connectivity index (χ0) is 10.2. The van der Waals surface area contributed by atoms with E-state index in [0.717, 1.165) is 23.7 Å². The molecular weight excluding hydrogens is 240 g/mol. The quantitative estimate of drug-likeness (QED) is 0.860. The smallest absolute Gasteiger partial charge is 0.0713 e. The molecule has 76 valence electrons. The van der Waals surface area contributed by atoms with Gasteiger partial charge in [-0.05, 0) is 36.5 Å². The zero-order valence-corrected chi connectivity index (χ0v) is 9.92. The molecule has 0 aliphatic heterocycles. The van der Waals surface area contributed by atoms with Gasteiger partial charge in [0.05, 0.1) is 5.60 Å². The Morgan fingerprint density at radius 3 is 2.86 bits per heavy atom. The second-order valence-electron chi connectivity index (χ2n) is 4.35. The third-order valence-corrected chi connectivity index (χ3v) is 3.82. The van der Waals surface area contributed by atoms with Gasteiger partial charge < -0.3 is 5.11 Å². The molecule has 1 aromatic rings. The van der Waals surface area contributed by atoms with Gasteiger partial charge in [-0.2, -0.15) is 0 Å². The molecule has 1 aliphatic rings. The topological polar surface area (TPSA) is 20.2 Å². The first kappa shape index (κ1) is 10.2. The minimum absolute atomic E-state index is 0.444. The van der Waals surface area contributed by atoms with E-state index in [4.69, 9.17) is 0 Å². The van der Waals surface area contributed by atoms with Crippen molar-refractivity contribution in [2.75, 3.05) is 0 Å². The summed E-state index contributed by atoms with van der Waals surface area (Å²) in [5.41, 5.74) is 0.772. The summed E-state index contributed by atoms with van der Waals surface area (Å²) in [6.45, 7) is 2.13. The van der Waals surface area contributed by atoms with Crippen LogP contribution in [-0.4, -0.2) is 10.7 Å². The zero-order valence-electron chi connectivity index (χ0n) is 8.33. The largest absolute Gasteiger partial charge is 0.389 e. The Hall–Kier alpha value is -0.340. The summed E-state index contributed by atoms with van der Waals surface area (Å²) in [5.74, 6) is 0.446. The molecule has 1 nitrogen and oxygen atoms in total. The molecule has 2 unspecified atom stereocenters. The van der Waals surface area contributed by atoms with E-state index < -0.39 is 5.60 Å². The van der Waals surface area contributed by atoms with Gasteiger partial charge in [-0.1, -0.05) is 35.0 Å². The average molecular weight is 255 g/mol. The number of benzene rings is 1. The Morgan fingerprint density at radius 1 is 1.57 bits per heavy atom. The van der Waals surface area contributed by atoms with Crippen molar-refractivity contribution in [3.05, 3.63) is 34.3 Å². The van der Waals surface area contributed by atoms with E-state index in [1.807, 2.05) is 12.1 Å². The molecule has 1 aliphatic carbocycles. The fourth-order valence-electron chi connectivity index (χ4n) is 2.03. The van der Waals surface area contributed by atoms with Crippen LogP contribution in [0.15, 0.2) is 28.7 Å². The van der Waals surface area contributed by atoms with Crippen molar-refractivity contribution < 1.29 is 5.11 Å². The van der Waals surface area contributed by atoms with Gasteiger partial charge in [0.1, 0.15) is 0 Å². The highest BCUT2D eigenvalue weighted by Gasteiger charge is 2.41. The second-order valence-corrected chi connectivity index (χ2v) is 5.27. The lowest BCUT2D eigenvalue weighted by Gasteiger charge is -2.43. The van der Waals surface area contributed by atoms with Crippen LogP contribution in [0.3, 0.4) is 0 Å². The van der Waals surface area contributed by atoms with Gasteiger partial charge >= 0.3 is 0 Å². The fraction of sp³-hybridized carbons (Fsp3) is 0.500. The lowest BCUT2D eigenvalue weighted by molar-refractivity contribution is -0.0851. The Balaban J connectivity index is 2.11. The number of aliphatic hydroxyl groups is 1. The summed E-state index contributed by atoms with van der Waals surface area (Å²) in [6.07, 6.45) is 2.89. The molecule has 0 spiro atoms. The maximum absolute atomic E-state index is 10.2. The van der Waals surface area contributed by atoms with Crippen molar-refractivity contribution in [1.82, 2.24) is 0 Å². The van der Waals surface area contributed by atoms with Crippen LogP contribution in [0.5, 0.6) is 0 Å². The van der Waals surface area contributed by atoms with Crippen molar-refractivity contribution in [3.63, 3.8) is 0 Å². The minimum atomic E-state index is -0.444. The maximum atomic E-state index is 10.2. The Morgan fingerprint density at radius 2 is 2.36 bits per heavy atom. The predicted octanol–water partition coefficient (Wildman–Crippen LogP) is 3.15. The molecule has 0 heterocycles. The van der Waals surface area contributed by atoms with Crippen LogP contribution in [0.4, 0.5) is 0 Å². The average Bonchev–Trinajstić information content (AvgIpc) is 2.15. The van der Waals surface area contributed by atoms with E-state index in [0.29, 0.717) is 5.92 Å². The highest BCUT2D eigenvalue weighted by atomic mass is 79.9. The van der Waals surface area contributed by atoms with Crippen molar-refractivity contribution in [2.24, 2.45) is 5.92 Å². The normalized spacial score (nSPS) is 31.2. The summed E-state index contributed by atoms with van der Waals surface area (Å²) in [5, 5.41) is 10.2. The van der Waals surface area contributed by atoms with Gasteiger partial charge in [0.2, 0.25) is 0 Å². The van der Waals surface area contributed by atoms with Crippen molar-refractivity contribution in [3.8, 4) is 0 Å². The van der Waals surface area contributed by atoms with Gasteiger partial charge in [-0.15, -0.1) is 0 Å². The van der Waals surface area contributed by atoms with Gasteiger partial charge in [-0.25, -0.2) is 0 Å². The molecular formula is C12H15BrO. The summed E-state index contributed by atoms with van der Waals surface area (Å²) in [4.78, 5) is 0. The summed E-state index contributed by atoms with van der Waals surface area (Å²) in [7, 11) is 0. The van der Waals surface area contributed by atoms with Crippen LogP contribution in [0.2, 0.25) is 0 Å². The molecule has 1 saturated carbocycles. The van der Waals surface area contributed by atoms with E-state index in [1.54, 1.807) is 0 Å². The molecule has 0 amide bonds. The molecule has 1 N–H and O–H groups in total. The number of hydrogen-bond acceptors (Lipinski definition) is 1. The highest BCUT2D eigenvalue weighted by Crippen LogP contribution is 2.40. The van der Waals surface area contributed by atoms with Crippen LogP contribution in [0.1, 0.15) is 25.3 Å². The standard InChI is InChI=1S/C12H15BrO/c1-9-5-6-12(9,14)8-10-3-2-4-11(13)7-10/h2-4,7,9,14H,5-6,8H2,1H3. The van der Waals surface area contributed by atoms with Crippen LogP contribution in [0, 0.1) is 5.92 Å². The Kier molecular flexibility index (Phi) is 2.67. The number of halogens is 1. The van der Waals surface area contributed by atoms with E-state index in [-0.39, 0.29) is 0 Å². The summed E-state index contributed by atoms with van der Waals surface area (Å²) < 4.78 is 1.09. The van der Waals surface area contributed by atoms with Gasteiger partial charge in [-0.3, -0.25) is 0 Å². The van der Waals surface area contributed by atoms with Crippen LogP contribution in [-0.2, 0) is 6.42 Å². The Bertz CT molecular complexity index is 337. The van der Waals surface area contributed by atoms with Gasteiger partial charge in [0, 0.05) is 10.9 Å². The molecule has 2 atom stereocenters. The molecule has 0 aromatic heterocycles. The fourth-order valence-corrected chi connectivity index (χ4v) is 2.48. The van der Waals surface area contributed by atoms with E-state index in [9.17, 15) is 5.11 Å². The molecule has 1 aromatic carbocycles. The first-order valence-corrected chi connectivity index (χ1v) is 5.86. The van der Waals surface area contributed by atoms with Gasteiger partial charge in [0.25, 0.3) is 0 Å². The van der Waals surface area contributed by atoms with E-state index in [2.05, 4.69) is 35.0 Å². The lowest BCUT2D eigenvalue weighted by Crippen LogP contribution is -2.47. The molecule has 2 rings (SSSR count). The number of hydrogen-bond donors (Lipinski definition) is 1. The Labute approximate surface area is 93.3 Å². The molecule has 1 fully saturated rings. The monoisotopic (exact) mass is 254 g/mol. The summed E-state index contributed by atoms with van der Waals surface area (Å²) >= 11 is 3.44. The van der Waals surface area contributed by atoms with Crippen LogP contribution >= 0.6 is 15.9 Å². The van der Waals surface area contributed by atoms with E-state index >= 15 is 0 Å². The number of rotatable bonds is 2. The highest BCUT2D eigenvalue weighted by molar-refractivity contribution is 9.10. The maximum Gasteiger partial charge on any atom is 0.0713 e. The lowest BCUT2D eigenvalue weighted by atomic mass is 9.67. The van der Waals surface area contributed by atoms with Crippen LogP contribution in [0.25, 0.3) is 0 Å². The van der Waals surface area contributed by atoms with Crippen molar-refractivity contribution in [1.29, 1.82) is 0 Å². The van der Waals surface area contributed by atoms with E-state index in [1.165, 1.54) is 5.56 Å². The molecule has 2 heteroatoms. The predicted molar refractivity (Wildman–Crippen MR) is 61.2 cm³/mol. The molecule has 0 radical (unpaired) electrons. The van der Waals surface area contributed by atoms with Crippen molar-refractivity contribution >= 4 is 15.9 Å². The first-order chi connectivity index (χ1) is 6.60. The molecule has 0 saturated heterocycles. The summed E-state index contributed by atoms with van der Waals surface area (Å²) in [6, 6.07) is 8.20. The third-order valence-electron chi connectivity index (χ3n) is 3.33. The second kappa shape index (κ2) is 3.67. The first-order valence-electron chi connectivity index (χ1n) is 5.07. The SMILES string of the molecule is CC1CCC1(O)Cc1cccc(Br)c1. The minimum Gasteiger partial charge on any atom is -0.389 e. The van der Waals surface area contributed by atoms with Gasteiger partial charge in [0.15, 0.2) is 0 Å². The van der Waals surface area contributed by atoms with Crippen molar-refractivity contribution in [2.45, 2.75) is 31.8 Å². The third kappa shape index (κ3) is 1.86.